The zero-order chi connectivity index (χ0) is 14.8. The number of rotatable bonds is 4. The molecule has 0 saturated carbocycles. The highest BCUT2D eigenvalue weighted by atomic mass is 32.1. The minimum atomic E-state index is 0.112. The van der Waals surface area contributed by atoms with E-state index in [-0.39, 0.29) is 5.75 Å². The van der Waals surface area contributed by atoms with E-state index in [4.69, 9.17) is 10.6 Å². The topological polar surface area (TPSA) is 93.3 Å². The number of thiophene rings is 1. The van der Waals surface area contributed by atoms with Gasteiger partial charge in [0, 0.05) is 5.56 Å². The van der Waals surface area contributed by atoms with Gasteiger partial charge in [0.15, 0.2) is 11.6 Å². The Morgan fingerprint density at radius 1 is 1.33 bits per heavy atom. The van der Waals surface area contributed by atoms with Crippen molar-refractivity contribution in [3.63, 3.8) is 0 Å². The first-order valence-electron chi connectivity index (χ1n) is 6.41. The van der Waals surface area contributed by atoms with E-state index in [1.807, 2.05) is 31.2 Å². The molecule has 0 unspecified atom stereocenters. The number of fused-ring (bicyclic) bond motifs is 1. The number of nitrogen functional groups attached to an aromatic ring is 1. The fraction of sp³-hybridized carbons (Fsp3) is 0.143. The first-order valence-corrected chi connectivity index (χ1v) is 7.23. The molecule has 0 radical (unpaired) electrons. The van der Waals surface area contributed by atoms with E-state index in [0.717, 1.165) is 11.3 Å². The number of para-hydroxylation sites is 1. The first kappa shape index (κ1) is 13.6. The van der Waals surface area contributed by atoms with Gasteiger partial charge in [-0.3, -0.25) is 0 Å². The SMILES string of the molecule is CCOc1ccccc1-c1sc2c(NN)ncnc2c1O. The minimum Gasteiger partial charge on any atom is -0.504 e. The van der Waals surface area contributed by atoms with Crippen molar-refractivity contribution in [3.8, 4) is 21.9 Å². The van der Waals surface area contributed by atoms with Crippen LogP contribution in [0.25, 0.3) is 20.7 Å². The summed E-state index contributed by atoms with van der Waals surface area (Å²) < 4.78 is 6.33. The van der Waals surface area contributed by atoms with Gasteiger partial charge < -0.3 is 15.3 Å². The number of ether oxygens (including phenoxy) is 1. The third-order valence-electron chi connectivity index (χ3n) is 3.02. The highest BCUT2D eigenvalue weighted by Crippen LogP contribution is 2.47. The van der Waals surface area contributed by atoms with Crippen LogP contribution in [-0.2, 0) is 0 Å². The molecule has 0 saturated heterocycles. The van der Waals surface area contributed by atoms with Gasteiger partial charge in [-0.2, -0.15) is 0 Å². The van der Waals surface area contributed by atoms with Crippen LogP contribution in [0.15, 0.2) is 30.6 Å². The lowest BCUT2D eigenvalue weighted by Crippen LogP contribution is -2.08. The summed E-state index contributed by atoms with van der Waals surface area (Å²) in [6, 6.07) is 7.57. The van der Waals surface area contributed by atoms with Crippen molar-refractivity contribution in [2.24, 2.45) is 5.84 Å². The van der Waals surface area contributed by atoms with E-state index in [2.05, 4.69) is 15.4 Å². The number of aromatic nitrogens is 2. The second-order valence-corrected chi connectivity index (χ2v) is 5.27. The maximum Gasteiger partial charge on any atom is 0.161 e. The summed E-state index contributed by atoms with van der Waals surface area (Å²) in [4.78, 5) is 8.86. The molecule has 0 spiro atoms. The van der Waals surface area contributed by atoms with Crippen LogP contribution in [0.5, 0.6) is 11.5 Å². The number of benzene rings is 1. The quantitative estimate of drug-likeness (QED) is 0.507. The molecule has 21 heavy (non-hydrogen) atoms. The number of aromatic hydroxyl groups is 1. The number of hydrogen-bond acceptors (Lipinski definition) is 7. The molecule has 4 N–H and O–H groups in total. The molecule has 2 aromatic heterocycles. The van der Waals surface area contributed by atoms with Crippen molar-refractivity contribution in [3.05, 3.63) is 30.6 Å². The molecule has 0 fully saturated rings. The van der Waals surface area contributed by atoms with Gasteiger partial charge in [-0.25, -0.2) is 15.8 Å². The Balaban J connectivity index is 2.24. The molecule has 6 nitrogen and oxygen atoms in total. The van der Waals surface area contributed by atoms with E-state index >= 15 is 0 Å². The van der Waals surface area contributed by atoms with Gasteiger partial charge in [0.25, 0.3) is 0 Å². The van der Waals surface area contributed by atoms with Crippen LogP contribution < -0.4 is 16.0 Å². The van der Waals surface area contributed by atoms with Crippen molar-refractivity contribution >= 4 is 27.4 Å². The Morgan fingerprint density at radius 3 is 2.90 bits per heavy atom. The van der Waals surface area contributed by atoms with Gasteiger partial charge in [0.05, 0.1) is 11.5 Å². The summed E-state index contributed by atoms with van der Waals surface area (Å²) >= 11 is 1.37. The number of nitrogens with one attached hydrogen (secondary N) is 1. The second-order valence-electron chi connectivity index (χ2n) is 4.25. The summed E-state index contributed by atoms with van der Waals surface area (Å²) in [6.07, 6.45) is 1.36. The van der Waals surface area contributed by atoms with Crippen LogP contribution in [0.1, 0.15) is 6.92 Å². The Kier molecular flexibility index (Phi) is 3.59. The highest BCUT2D eigenvalue weighted by molar-refractivity contribution is 7.23. The summed E-state index contributed by atoms with van der Waals surface area (Å²) in [5.74, 6) is 6.77. The van der Waals surface area contributed by atoms with Crippen LogP contribution in [0, 0.1) is 0 Å². The molecule has 7 heteroatoms. The van der Waals surface area contributed by atoms with Crippen LogP contribution in [0.2, 0.25) is 0 Å². The van der Waals surface area contributed by atoms with Crippen molar-refractivity contribution in [1.29, 1.82) is 0 Å². The molecule has 0 aliphatic heterocycles. The van der Waals surface area contributed by atoms with E-state index < -0.39 is 0 Å². The summed E-state index contributed by atoms with van der Waals surface area (Å²) in [5.41, 5.74) is 3.82. The fourth-order valence-electron chi connectivity index (χ4n) is 2.12. The minimum absolute atomic E-state index is 0.112. The summed E-state index contributed by atoms with van der Waals surface area (Å²) in [6.45, 7) is 2.47. The largest absolute Gasteiger partial charge is 0.504 e. The predicted octanol–water partition coefficient (Wildman–Crippen LogP) is 2.75. The molecule has 0 atom stereocenters. The van der Waals surface area contributed by atoms with Crippen LogP contribution in [0.4, 0.5) is 5.82 Å². The molecule has 0 aliphatic rings. The van der Waals surface area contributed by atoms with E-state index in [1.165, 1.54) is 17.7 Å². The van der Waals surface area contributed by atoms with Crippen LogP contribution >= 0.6 is 11.3 Å². The Morgan fingerprint density at radius 2 is 2.14 bits per heavy atom. The second kappa shape index (κ2) is 5.55. The molecule has 3 aromatic rings. The lowest BCUT2D eigenvalue weighted by molar-refractivity contribution is 0.341. The van der Waals surface area contributed by atoms with Crippen LogP contribution in [0.3, 0.4) is 0 Å². The maximum absolute atomic E-state index is 10.5. The maximum atomic E-state index is 10.5. The molecular formula is C14H14N4O2S. The Hall–Kier alpha value is -2.38. The molecule has 2 heterocycles. The average molecular weight is 302 g/mol. The molecule has 0 aliphatic carbocycles. The lowest BCUT2D eigenvalue weighted by atomic mass is 10.1. The van der Waals surface area contributed by atoms with Gasteiger partial charge in [-0.15, -0.1) is 11.3 Å². The van der Waals surface area contributed by atoms with Gasteiger partial charge in [0.2, 0.25) is 0 Å². The molecule has 0 amide bonds. The Bertz CT molecular complexity index is 788. The lowest BCUT2D eigenvalue weighted by Gasteiger charge is -2.08. The van der Waals surface area contributed by atoms with Crippen LogP contribution in [-0.4, -0.2) is 21.7 Å². The molecule has 1 aromatic carbocycles. The standard InChI is InChI=1S/C14H14N4O2S/c1-2-20-9-6-4-3-5-8(9)12-11(19)10-13(21-12)14(18-15)17-7-16-10/h3-7,19H,2,15H2,1H3,(H,16,17,18). The van der Waals surface area contributed by atoms with E-state index in [9.17, 15) is 5.11 Å². The van der Waals surface area contributed by atoms with Crippen molar-refractivity contribution in [1.82, 2.24) is 9.97 Å². The predicted molar refractivity (Wildman–Crippen MR) is 83.5 cm³/mol. The number of nitrogens with two attached hydrogens (primary N) is 1. The molecule has 108 valence electrons. The highest BCUT2D eigenvalue weighted by Gasteiger charge is 2.19. The van der Waals surface area contributed by atoms with E-state index in [1.54, 1.807) is 0 Å². The summed E-state index contributed by atoms with van der Waals surface area (Å²) in [5, 5.41) is 10.5. The first-order chi connectivity index (χ1) is 10.3. The van der Waals surface area contributed by atoms with Gasteiger partial charge in [0.1, 0.15) is 22.3 Å². The van der Waals surface area contributed by atoms with Gasteiger partial charge in [-0.1, -0.05) is 12.1 Å². The number of hydrogen-bond donors (Lipinski definition) is 3. The zero-order valence-electron chi connectivity index (χ0n) is 11.3. The average Bonchev–Trinajstić information content (AvgIpc) is 2.85. The van der Waals surface area contributed by atoms with Gasteiger partial charge in [-0.05, 0) is 19.1 Å². The van der Waals surface area contributed by atoms with Crippen molar-refractivity contribution in [2.75, 3.05) is 12.0 Å². The monoisotopic (exact) mass is 302 g/mol. The number of anilines is 1. The summed E-state index contributed by atoms with van der Waals surface area (Å²) in [7, 11) is 0. The van der Waals surface area contributed by atoms with Crippen molar-refractivity contribution in [2.45, 2.75) is 6.92 Å². The number of nitrogens with zero attached hydrogens (tertiary/aromatic N) is 2. The zero-order valence-corrected chi connectivity index (χ0v) is 12.1. The fourth-order valence-corrected chi connectivity index (χ4v) is 3.25. The van der Waals surface area contributed by atoms with Crippen molar-refractivity contribution < 1.29 is 9.84 Å². The van der Waals surface area contributed by atoms with E-state index in [0.29, 0.717) is 27.5 Å². The smallest absolute Gasteiger partial charge is 0.161 e. The Labute approximate surface area is 125 Å². The van der Waals surface area contributed by atoms with Gasteiger partial charge >= 0.3 is 0 Å². The third-order valence-corrected chi connectivity index (χ3v) is 4.22. The normalized spacial score (nSPS) is 10.8. The molecule has 0 bridgehead atoms. The number of hydrazine groups is 1. The molecule has 3 rings (SSSR count). The third kappa shape index (κ3) is 2.26. The molecular weight excluding hydrogens is 288 g/mol.